The van der Waals surface area contributed by atoms with Gasteiger partial charge in [0.05, 0.1) is 11.4 Å². The Morgan fingerprint density at radius 2 is 2.05 bits per heavy atom. The van der Waals surface area contributed by atoms with Gasteiger partial charge in [0.15, 0.2) is 0 Å². The van der Waals surface area contributed by atoms with E-state index in [9.17, 15) is 8.42 Å². The van der Waals surface area contributed by atoms with Gasteiger partial charge >= 0.3 is 0 Å². The molecule has 0 radical (unpaired) electrons. The minimum absolute atomic E-state index is 0.244. The average molecular weight is 318 g/mol. The lowest BCUT2D eigenvalue weighted by Gasteiger charge is -2.07. The number of aromatic amines is 2. The van der Waals surface area contributed by atoms with E-state index in [1.54, 1.807) is 13.8 Å². The number of sulfonamides is 1. The normalized spacial score (nSPS) is 12.1. The van der Waals surface area contributed by atoms with E-state index >= 15 is 0 Å². The number of nitrogens with one attached hydrogen (secondary N) is 3. The SMILES string of the molecule is Cc1n[nH]c(C)c1S(=O)(=O)NCCc1ccc2[nH]ccc2c1. The molecule has 0 aliphatic rings. The van der Waals surface area contributed by atoms with Gasteiger partial charge in [0.1, 0.15) is 4.90 Å². The number of fused-ring (bicyclic) bond motifs is 1. The first-order valence-electron chi connectivity index (χ1n) is 7.04. The molecule has 0 saturated carbocycles. The molecular formula is C15H18N4O2S. The lowest BCUT2D eigenvalue weighted by molar-refractivity contribution is 0.580. The molecule has 3 rings (SSSR count). The fraction of sp³-hybridized carbons (Fsp3) is 0.267. The zero-order valence-corrected chi connectivity index (χ0v) is 13.3. The minimum atomic E-state index is -3.53. The summed E-state index contributed by atoms with van der Waals surface area (Å²) in [5.74, 6) is 0. The predicted molar refractivity (Wildman–Crippen MR) is 85.3 cm³/mol. The number of rotatable bonds is 5. The van der Waals surface area contributed by atoms with E-state index in [-0.39, 0.29) is 4.90 Å². The van der Waals surface area contributed by atoms with E-state index in [1.807, 2.05) is 24.4 Å². The van der Waals surface area contributed by atoms with Crippen molar-refractivity contribution in [3.63, 3.8) is 0 Å². The molecule has 6 nitrogen and oxygen atoms in total. The van der Waals surface area contributed by atoms with E-state index in [1.165, 1.54) is 0 Å². The fourth-order valence-corrected chi connectivity index (χ4v) is 4.00. The first-order chi connectivity index (χ1) is 10.5. The number of aromatic nitrogens is 3. The van der Waals surface area contributed by atoms with Crippen molar-refractivity contribution in [2.45, 2.75) is 25.2 Å². The van der Waals surface area contributed by atoms with Gasteiger partial charge in [0.25, 0.3) is 0 Å². The third-order valence-electron chi connectivity index (χ3n) is 3.65. The Labute approximate surface area is 129 Å². The van der Waals surface area contributed by atoms with E-state index < -0.39 is 10.0 Å². The summed E-state index contributed by atoms with van der Waals surface area (Å²) in [5, 5.41) is 7.75. The van der Waals surface area contributed by atoms with Crippen LogP contribution in [0.3, 0.4) is 0 Å². The molecule has 0 atom stereocenters. The first kappa shape index (κ1) is 14.8. The molecule has 0 spiro atoms. The van der Waals surface area contributed by atoms with Crippen molar-refractivity contribution >= 4 is 20.9 Å². The topological polar surface area (TPSA) is 90.6 Å². The van der Waals surface area contributed by atoms with Crippen molar-refractivity contribution in [1.29, 1.82) is 0 Å². The monoisotopic (exact) mass is 318 g/mol. The Kier molecular flexibility index (Phi) is 3.76. The Morgan fingerprint density at radius 1 is 1.23 bits per heavy atom. The van der Waals surface area contributed by atoms with Crippen molar-refractivity contribution in [2.75, 3.05) is 6.54 Å². The van der Waals surface area contributed by atoms with Crippen molar-refractivity contribution < 1.29 is 8.42 Å². The molecule has 0 saturated heterocycles. The average Bonchev–Trinajstić information content (AvgIpc) is 3.05. The standard InChI is InChI=1S/C15H18N4O2S/c1-10-15(11(2)19-18-10)22(20,21)17-8-5-12-3-4-14-13(9-12)6-7-16-14/h3-4,6-7,9,16-17H,5,8H2,1-2H3,(H,18,19). The molecule has 0 amide bonds. The Balaban J connectivity index is 1.69. The lowest BCUT2D eigenvalue weighted by Crippen LogP contribution is -2.26. The zero-order chi connectivity index (χ0) is 15.7. The lowest BCUT2D eigenvalue weighted by atomic mass is 10.1. The van der Waals surface area contributed by atoms with Crippen LogP contribution in [0.25, 0.3) is 10.9 Å². The summed E-state index contributed by atoms with van der Waals surface area (Å²) >= 11 is 0. The molecule has 2 heterocycles. The molecule has 3 aromatic rings. The predicted octanol–water partition coefficient (Wildman–Crippen LogP) is 2.03. The smallest absolute Gasteiger partial charge is 0.244 e. The van der Waals surface area contributed by atoms with Gasteiger partial charge in [-0.2, -0.15) is 5.10 Å². The molecule has 1 aromatic carbocycles. The molecule has 116 valence electrons. The van der Waals surface area contributed by atoms with Crippen LogP contribution in [-0.4, -0.2) is 30.1 Å². The van der Waals surface area contributed by atoms with E-state index in [2.05, 4.69) is 26.0 Å². The molecule has 2 aromatic heterocycles. The maximum absolute atomic E-state index is 12.3. The van der Waals surface area contributed by atoms with Crippen LogP contribution in [-0.2, 0) is 16.4 Å². The summed E-state index contributed by atoms with van der Waals surface area (Å²) in [7, 11) is -3.53. The van der Waals surface area contributed by atoms with Crippen LogP contribution in [0.5, 0.6) is 0 Å². The fourth-order valence-electron chi connectivity index (χ4n) is 2.60. The number of hydrogen-bond donors (Lipinski definition) is 3. The molecule has 0 fully saturated rings. The van der Waals surface area contributed by atoms with E-state index in [0.29, 0.717) is 24.4 Å². The van der Waals surface area contributed by atoms with Gasteiger partial charge in [0.2, 0.25) is 10.0 Å². The molecular weight excluding hydrogens is 300 g/mol. The first-order valence-corrected chi connectivity index (χ1v) is 8.53. The van der Waals surface area contributed by atoms with Crippen LogP contribution in [0.2, 0.25) is 0 Å². The third kappa shape index (κ3) is 2.77. The van der Waals surface area contributed by atoms with E-state index in [0.717, 1.165) is 16.5 Å². The van der Waals surface area contributed by atoms with Gasteiger partial charge in [-0.1, -0.05) is 6.07 Å². The molecule has 7 heteroatoms. The maximum atomic E-state index is 12.3. The second kappa shape index (κ2) is 5.58. The summed E-state index contributed by atoms with van der Waals surface area (Å²) in [5.41, 5.74) is 3.21. The molecule has 0 aliphatic carbocycles. The second-order valence-electron chi connectivity index (χ2n) is 5.31. The number of H-pyrrole nitrogens is 2. The molecule has 0 bridgehead atoms. The Bertz CT molecular complexity index is 889. The van der Waals surface area contributed by atoms with Crippen molar-refractivity contribution in [1.82, 2.24) is 19.9 Å². The van der Waals surface area contributed by atoms with Crippen molar-refractivity contribution in [2.24, 2.45) is 0 Å². The third-order valence-corrected chi connectivity index (χ3v) is 5.38. The van der Waals surface area contributed by atoms with Gasteiger partial charge in [-0.05, 0) is 49.4 Å². The van der Waals surface area contributed by atoms with Crippen molar-refractivity contribution in [3.8, 4) is 0 Å². The van der Waals surface area contributed by atoms with Crippen LogP contribution in [0.1, 0.15) is 17.0 Å². The van der Waals surface area contributed by atoms with Gasteiger partial charge in [0, 0.05) is 18.3 Å². The quantitative estimate of drug-likeness (QED) is 0.672. The van der Waals surface area contributed by atoms with Crippen LogP contribution < -0.4 is 4.72 Å². The zero-order valence-electron chi connectivity index (χ0n) is 12.5. The van der Waals surface area contributed by atoms with Crippen LogP contribution in [0.4, 0.5) is 0 Å². The molecule has 0 unspecified atom stereocenters. The highest BCUT2D eigenvalue weighted by molar-refractivity contribution is 7.89. The Morgan fingerprint density at radius 3 is 2.77 bits per heavy atom. The summed E-state index contributed by atoms with van der Waals surface area (Å²) in [4.78, 5) is 3.38. The molecule has 3 N–H and O–H groups in total. The number of benzene rings is 1. The van der Waals surface area contributed by atoms with Gasteiger partial charge < -0.3 is 4.98 Å². The summed E-state index contributed by atoms with van der Waals surface area (Å²) < 4.78 is 27.3. The Hall–Kier alpha value is -2.12. The highest BCUT2D eigenvalue weighted by Crippen LogP contribution is 2.17. The van der Waals surface area contributed by atoms with Crippen molar-refractivity contribution in [3.05, 3.63) is 47.4 Å². The van der Waals surface area contributed by atoms with Gasteiger partial charge in [-0.3, -0.25) is 5.10 Å². The van der Waals surface area contributed by atoms with Crippen LogP contribution in [0, 0.1) is 13.8 Å². The highest BCUT2D eigenvalue weighted by atomic mass is 32.2. The number of hydrogen-bond acceptors (Lipinski definition) is 3. The second-order valence-corrected chi connectivity index (χ2v) is 7.01. The molecule has 0 aliphatic heterocycles. The summed E-state index contributed by atoms with van der Waals surface area (Å²) in [6.07, 6.45) is 2.53. The summed E-state index contributed by atoms with van der Waals surface area (Å²) in [6.45, 7) is 3.73. The van der Waals surface area contributed by atoms with Crippen LogP contribution in [0.15, 0.2) is 35.4 Å². The molecule has 22 heavy (non-hydrogen) atoms. The highest BCUT2D eigenvalue weighted by Gasteiger charge is 2.21. The van der Waals surface area contributed by atoms with Gasteiger partial charge in [-0.15, -0.1) is 0 Å². The maximum Gasteiger partial charge on any atom is 0.244 e. The van der Waals surface area contributed by atoms with E-state index in [4.69, 9.17) is 0 Å². The largest absolute Gasteiger partial charge is 0.361 e. The minimum Gasteiger partial charge on any atom is -0.361 e. The number of aryl methyl sites for hydroxylation is 2. The summed E-state index contributed by atoms with van der Waals surface area (Å²) in [6, 6.07) is 8.07. The van der Waals surface area contributed by atoms with Gasteiger partial charge in [-0.25, -0.2) is 13.1 Å². The van der Waals surface area contributed by atoms with Crippen LogP contribution >= 0.6 is 0 Å². The number of nitrogens with zero attached hydrogens (tertiary/aromatic N) is 1.